The van der Waals surface area contributed by atoms with Crippen molar-refractivity contribution < 1.29 is 9.59 Å². The highest BCUT2D eigenvalue weighted by molar-refractivity contribution is 5.94. The molecular weight excluding hydrogens is 368 g/mol. The van der Waals surface area contributed by atoms with Crippen LogP contribution in [0.3, 0.4) is 0 Å². The van der Waals surface area contributed by atoms with Gasteiger partial charge in [-0.2, -0.15) is 0 Å². The number of carbonyl (C=O) groups is 2. The number of aromatic nitrogens is 2. The molecule has 1 heterocycles. The number of carbonyl (C=O) groups excluding carboxylic acids is 2. The van der Waals surface area contributed by atoms with Crippen molar-refractivity contribution >= 4 is 34.4 Å². The Labute approximate surface area is 169 Å². The van der Waals surface area contributed by atoms with Crippen LogP contribution in [0.1, 0.15) is 24.5 Å². The van der Waals surface area contributed by atoms with Crippen molar-refractivity contribution in [2.24, 2.45) is 0 Å². The molecule has 150 valence electrons. The van der Waals surface area contributed by atoms with Crippen LogP contribution in [0.25, 0.3) is 11.0 Å². The van der Waals surface area contributed by atoms with Crippen molar-refractivity contribution in [3.63, 3.8) is 0 Å². The third-order valence-corrected chi connectivity index (χ3v) is 4.92. The standard InChI is InChI=1S/C22H24N4O3/c1-5-20(28)25(4)21-22(29)26(18-9-7-6-8-17(18)24-21)13-19(27)23-16-11-10-14(2)15(3)12-16/h6-12H,5,13H2,1-4H3,(H,23,27). The first kappa shape index (κ1) is 20.3. The molecule has 3 aromatic rings. The number of anilines is 2. The zero-order valence-electron chi connectivity index (χ0n) is 17.0. The molecule has 2 amide bonds. The molecule has 7 nitrogen and oxygen atoms in total. The maximum absolute atomic E-state index is 13.1. The van der Waals surface area contributed by atoms with E-state index in [2.05, 4.69) is 10.3 Å². The van der Waals surface area contributed by atoms with Crippen molar-refractivity contribution in [2.45, 2.75) is 33.7 Å². The molecule has 1 aromatic heterocycles. The average molecular weight is 392 g/mol. The van der Waals surface area contributed by atoms with Gasteiger partial charge in [-0.1, -0.05) is 25.1 Å². The van der Waals surface area contributed by atoms with Crippen LogP contribution >= 0.6 is 0 Å². The molecule has 3 rings (SSSR count). The minimum atomic E-state index is -0.483. The highest BCUT2D eigenvalue weighted by Crippen LogP contribution is 2.16. The van der Waals surface area contributed by atoms with Gasteiger partial charge >= 0.3 is 0 Å². The van der Waals surface area contributed by atoms with Crippen LogP contribution in [0, 0.1) is 13.8 Å². The maximum Gasteiger partial charge on any atom is 0.294 e. The molecule has 0 unspecified atom stereocenters. The Bertz CT molecular complexity index is 1150. The first-order chi connectivity index (χ1) is 13.8. The van der Waals surface area contributed by atoms with E-state index in [1.165, 1.54) is 16.5 Å². The summed E-state index contributed by atoms with van der Waals surface area (Å²) in [5.74, 6) is -0.548. The number of nitrogens with zero attached hydrogens (tertiary/aromatic N) is 3. The topological polar surface area (TPSA) is 84.3 Å². The number of rotatable bonds is 5. The quantitative estimate of drug-likeness (QED) is 0.723. The van der Waals surface area contributed by atoms with E-state index in [1.54, 1.807) is 31.2 Å². The summed E-state index contributed by atoms with van der Waals surface area (Å²) in [5, 5.41) is 2.83. The van der Waals surface area contributed by atoms with E-state index in [1.807, 2.05) is 32.0 Å². The molecule has 0 aliphatic rings. The van der Waals surface area contributed by atoms with Gasteiger partial charge in [0.15, 0.2) is 0 Å². The van der Waals surface area contributed by atoms with Gasteiger partial charge in [-0.15, -0.1) is 0 Å². The molecule has 7 heteroatoms. The summed E-state index contributed by atoms with van der Waals surface area (Å²) in [4.78, 5) is 43.4. The minimum Gasteiger partial charge on any atom is -0.325 e. The molecule has 0 aliphatic carbocycles. The second-order valence-electron chi connectivity index (χ2n) is 6.97. The van der Waals surface area contributed by atoms with Crippen molar-refractivity contribution in [1.82, 2.24) is 9.55 Å². The number of amides is 2. The SMILES string of the molecule is CCC(=O)N(C)c1nc2ccccc2n(CC(=O)Nc2ccc(C)c(C)c2)c1=O. The Hall–Kier alpha value is -3.48. The lowest BCUT2D eigenvalue weighted by atomic mass is 10.1. The fourth-order valence-electron chi connectivity index (χ4n) is 3.07. The van der Waals surface area contributed by atoms with Crippen LogP contribution in [-0.4, -0.2) is 28.4 Å². The molecule has 0 spiro atoms. The highest BCUT2D eigenvalue weighted by Gasteiger charge is 2.19. The fourth-order valence-corrected chi connectivity index (χ4v) is 3.07. The zero-order chi connectivity index (χ0) is 21.1. The summed E-state index contributed by atoms with van der Waals surface area (Å²) in [5.41, 5.74) is 3.46. The molecule has 2 aromatic carbocycles. The lowest BCUT2D eigenvalue weighted by Gasteiger charge is -2.18. The number of para-hydroxylation sites is 2. The van der Waals surface area contributed by atoms with Gasteiger partial charge in [0.25, 0.3) is 5.56 Å². The smallest absolute Gasteiger partial charge is 0.294 e. The van der Waals surface area contributed by atoms with Crippen molar-refractivity contribution in [1.29, 1.82) is 0 Å². The highest BCUT2D eigenvalue weighted by atomic mass is 16.2. The maximum atomic E-state index is 13.1. The van der Waals surface area contributed by atoms with E-state index in [-0.39, 0.29) is 30.6 Å². The molecule has 1 N–H and O–H groups in total. The van der Waals surface area contributed by atoms with E-state index < -0.39 is 5.56 Å². The number of hydrogen-bond acceptors (Lipinski definition) is 4. The summed E-state index contributed by atoms with van der Waals surface area (Å²) in [6.45, 7) is 5.50. The zero-order valence-corrected chi connectivity index (χ0v) is 17.0. The average Bonchev–Trinajstić information content (AvgIpc) is 2.71. The van der Waals surface area contributed by atoms with Gasteiger partial charge in [0.2, 0.25) is 17.6 Å². The molecule has 0 saturated carbocycles. The van der Waals surface area contributed by atoms with Gasteiger partial charge < -0.3 is 5.32 Å². The van der Waals surface area contributed by atoms with E-state index >= 15 is 0 Å². The van der Waals surface area contributed by atoms with Gasteiger partial charge in [-0.25, -0.2) is 4.98 Å². The van der Waals surface area contributed by atoms with Gasteiger partial charge in [-0.05, 0) is 49.2 Å². The van der Waals surface area contributed by atoms with Crippen LogP contribution in [-0.2, 0) is 16.1 Å². The summed E-state index contributed by atoms with van der Waals surface area (Å²) in [6, 6.07) is 12.7. The Morgan fingerprint density at radius 3 is 2.52 bits per heavy atom. The largest absolute Gasteiger partial charge is 0.325 e. The normalized spacial score (nSPS) is 10.8. The predicted octanol–water partition coefficient (Wildman–Crippen LogP) is 3.02. The Morgan fingerprint density at radius 2 is 1.83 bits per heavy atom. The monoisotopic (exact) mass is 392 g/mol. The van der Waals surface area contributed by atoms with Crippen LogP contribution < -0.4 is 15.8 Å². The van der Waals surface area contributed by atoms with E-state index in [4.69, 9.17) is 0 Å². The van der Waals surface area contributed by atoms with Gasteiger partial charge in [0.05, 0.1) is 11.0 Å². The van der Waals surface area contributed by atoms with E-state index in [0.29, 0.717) is 16.7 Å². The fraction of sp³-hybridized carbons (Fsp3) is 0.273. The van der Waals surface area contributed by atoms with Gasteiger partial charge in [0, 0.05) is 19.2 Å². The van der Waals surface area contributed by atoms with E-state index in [9.17, 15) is 14.4 Å². The third-order valence-electron chi connectivity index (χ3n) is 4.92. The summed E-state index contributed by atoms with van der Waals surface area (Å²) < 4.78 is 1.35. The number of fused-ring (bicyclic) bond motifs is 1. The van der Waals surface area contributed by atoms with E-state index in [0.717, 1.165) is 11.1 Å². The van der Waals surface area contributed by atoms with Crippen LogP contribution in [0.15, 0.2) is 47.3 Å². The number of benzene rings is 2. The first-order valence-corrected chi connectivity index (χ1v) is 9.45. The number of hydrogen-bond donors (Lipinski definition) is 1. The Morgan fingerprint density at radius 1 is 1.10 bits per heavy atom. The Balaban J connectivity index is 2.00. The summed E-state index contributed by atoms with van der Waals surface area (Å²) in [7, 11) is 1.52. The molecular formula is C22H24N4O3. The number of nitrogens with one attached hydrogen (secondary N) is 1. The molecule has 0 atom stereocenters. The second-order valence-corrected chi connectivity index (χ2v) is 6.97. The summed E-state index contributed by atoms with van der Waals surface area (Å²) in [6.07, 6.45) is 0.248. The summed E-state index contributed by atoms with van der Waals surface area (Å²) >= 11 is 0. The van der Waals surface area contributed by atoms with Crippen LogP contribution in [0.2, 0.25) is 0 Å². The molecule has 0 radical (unpaired) electrons. The minimum absolute atomic E-state index is 0.00882. The van der Waals surface area contributed by atoms with Crippen molar-refractivity contribution in [2.75, 3.05) is 17.3 Å². The van der Waals surface area contributed by atoms with Crippen molar-refractivity contribution in [3.05, 3.63) is 63.9 Å². The first-order valence-electron chi connectivity index (χ1n) is 9.45. The van der Waals surface area contributed by atoms with Gasteiger partial charge in [-0.3, -0.25) is 23.9 Å². The molecule has 0 saturated heterocycles. The van der Waals surface area contributed by atoms with Gasteiger partial charge in [0.1, 0.15) is 6.54 Å². The lowest BCUT2D eigenvalue weighted by Crippen LogP contribution is -2.36. The molecule has 0 fully saturated rings. The predicted molar refractivity (Wildman–Crippen MR) is 114 cm³/mol. The lowest BCUT2D eigenvalue weighted by molar-refractivity contribution is -0.118. The second kappa shape index (κ2) is 8.26. The Kier molecular flexibility index (Phi) is 5.77. The molecule has 0 aliphatic heterocycles. The van der Waals surface area contributed by atoms with Crippen LogP contribution in [0.5, 0.6) is 0 Å². The molecule has 29 heavy (non-hydrogen) atoms. The third kappa shape index (κ3) is 4.18. The van der Waals surface area contributed by atoms with Crippen LogP contribution in [0.4, 0.5) is 11.5 Å². The van der Waals surface area contributed by atoms with Crippen molar-refractivity contribution in [3.8, 4) is 0 Å². The number of aryl methyl sites for hydroxylation is 2. The molecule has 0 bridgehead atoms.